The molecule has 0 aliphatic heterocycles. The third-order valence-corrected chi connectivity index (χ3v) is 4.92. The first kappa shape index (κ1) is 14.4. The van der Waals surface area contributed by atoms with E-state index in [4.69, 9.17) is 0 Å². The van der Waals surface area contributed by atoms with E-state index in [0.717, 1.165) is 24.8 Å². The molecule has 0 saturated heterocycles. The van der Waals surface area contributed by atoms with Crippen molar-refractivity contribution < 1.29 is 16.7 Å². The molecule has 0 amide bonds. The zero-order chi connectivity index (χ0) is 12.9. The summed E-state index contributed by atoms with van der Waals surface area (Å²) in [5.41, 5.74) is 0.995. The van der Waals surface area contributed by atoms with Crippen molar-refractivity contribution in [2.75, 3.05) is 0 Å². The summed E-state index contributed by atoms with van der Waals surface area (Å²) in [6.45, 7) is 2.06. The fraction of sp³-hybridized carbons (Fsp3) is 0.455. The molecular formula is C11H14F2O2S2. The van der Waals surface area contributed by atoms with Gasteiger partial charge in [-0.15, -0.1) is 0 Å². The topological polar surface area (TPSA) is 34.1 Å². The summed E-state index contributed by atoms with van der Waals surface area (Å²) < 4.78 is 47.8. The molecule has 17 heavy (non-hydrogen) atoms. The normalized spacial score (nSPS) is 13.6. The van der Waals surface area contributed by atoms with Gasteiger partial charge in [-0.25, -0.2) is 12.8 Å². The minimum absolute atomic E-state index is 0.185. The van der Waals surface area contributed by atoms with E-state index in [1.165, 1.54) is 12.1 Å². The standard InChI is InChI=1S/C11H14F2O2S2/c1-2-3-4-9-5-7-10(8-6-9)17(14,15)11(12)16-13/h5-8,11H,2-4H2,1H3. The Morgan fingerprint density at radius 2 is 1.88 bits per heavy atom. The summed E-state index contributed by atoms with van der Waals surface area (Å²) >= 11 is -0.810. The van der Waals surface area contributed by atoms with E-state index >= 15 is 0 Å². The maximum Gasteiger partial charge on any atom is 0.280 e. The Labute approximate surface area is 105 Å². The average molecular weight is 280 g/mol. The number of alkyl halides is 1. The number of unbranched alkanes of at least 4 members (excludes halogenated alkanes) is 1. The van der Waals surface area contributed by atoms with E-state index < -0.39 is 26.8 Å². The molecule has 0 saturated carbocycles. The molecule has 0 N–H and O–H groups in total. The van der Waals surface area contributed by atoms with Crippen LogP contribution in [0.3, 0.4) is 0 Å². The summed E-state index contributed by atoms with van der Waals surface area (Å²) in [7, 11) is -4.21. The molecular weight excluding hydrogens is 266 g/mol. The molecule has 0 aliphatic rings. The Balaban J connectivity index is 2.87. The molecule has 1 rings (SSSR count). The number of aryl methyl sites for hydroxylation is 1. The van der Waals surface area contributed by atoms with Crippen LogP contribution < -0.4 is 0 Å². The lowest BCUT2D eigenvalue weighted by Gasteiger charge is -2.06. The van der Waals surface area contributed by atoms with E-state index in [2.05, 4.69) is 6.92 Å². The maximum absolute atomic E-state index is 12.9. The molecule has 0 fully saturated rings. The second kappa shape index (κ2) is 6.35. The first-order valence-corrected chi connectivity index (χ1v) is 7.59. The van der Waals surface area contributed by atoms with Gasteiger partial charge >= 0.3 is 0 Å². The van der Waals surface area contributed by atoms with Gasteiger partial charge in [0.15, 0.2) is 0 Å². The molecule has 2 nitrogen and oxygen atoms in total. The molecule has 0 spiro atoms. The second-order valence-electron chi connectivity index (χ2n) is 3.66. The summed E-state index contributed by atoms with van der Waals surface area (Å²) in [5, 5.41) is 0. The van der Waals surface area contributed by atoms with Crippen LogP contribution >= 0.6 is 12.1 Å². The molecule has 1 atom stereocenters. The van der Waals surface area contributed by atoms with Crippen molar-refractivity contribution in [3.63, 3.8) is 0 Å². The van der Waals surface area contributed by atoms with Gasteiger partial charge in [-0.05, 0) is 30.5 Å². The predicted molar refractivity (Wildman–Crippen MR) is 65.8 cm³/mol. The fourth-order valence-corrected chi connectivity index (χ4v) is 2.83. The van der Waals surface area contributed by atoms with Crippen LogP contribution in [0, 0.1) is 0 Å². The van der Waals surface area contributed by atoms with Gasteiger partial charge in [-0.2, -0.15) is 3.89 Å². The molecule has 1 aromatic rings. The minimum atomic E-state index is -4.21. The number of hydrogen-bond donors (Lipinski definition) is 0. The Bertz CT molecular complexity index is 443. The smallest absolute Gasteiger partial charge is 0.220 e. The third kappa shape index (κ3) is 3.67. The summed E-state index contributed by atoms with van der Waals surface area (Å²) in [6.07, 6.45) is 2.91. The SMILES string of the molecule is CCCCc1ccc(S(=O)(=O)C(F)SF)cc1. The van der Waals surface area contributed by atoms with E-state index in [0.29, 0.717) is 0 Å². The molecule has 0 aromatic heterocycles. The first-order valence-electron chi connectivity index (χ1n) is 5.26. The van der Waals surface area contributed by atoms with Gasteiger partial charge in [0.1, 0.15) is 0 Å². The molecule has 1 aromatic carbocycles. The molecule has 6 heteroatoms. The van der Waals surface area contributed by atoms with Crippen molar-refractivity contribution in [2.45, 2.75) is 35.9 Å². The Morgan fingerprint density at radius 1 is 1.29 bits per heavy atom. The van der Waals surface area contributed by atoms with Crippen LogP contribution in [0.2, 0.25) is 0 Å². The highest BCUT2D eigenvalue weighted by atomic mass is 32.3. The van der Waals surface area contributed by atoms with E-state index in [9.17, 15) is 16.7 Å². The van der Waals surface area contributed by atoms with Crippen LogP contribution in [-0.2, 0) is 16.3 Å². The second-order valence-corrected chi connectivity index (χ2v) is 6.52. The lowest BCUT2D eigenvalue weighted by Crippen LogP contribution is -2.11. The largest absolute Gasteiger partial charge is 0.280 e. The zero-order valence-corrected chi connectivity index (χ0v) is 11.0. The highest BCUT2D eigenvalue weighted by molar-refractivity contribution is 8.10. The van der Waals surface area contributed by atoms with Crippen molar-refractivity contribution in [1.82, 2.24) is 0 Å². The molecule has 0 aliphatic carbocycles. The summed E-state index contributed by atoms with van der Waals surface area (Å²) in [4.78, 5) is -2.74. The Kier molecular flexibility index (Phi) is 5.39. The van der Waals surface area contributed by atoms with Gasteiger partial charge in [-0.1, -0.05) is 25.5 Å². The monoisotopic (exact) mass is 280 g/mol. The first-order chi connectivity index (χ1) is 8.02. The van der Waals surface area contributed by atoms with Gasteiger partial charge in [0, 0.05) is 0 Å². The Hall–Kier alpha value is -0.620. The Morgan fingerprint density at radius 3 is 2.35 bits per heavy atom. The van der Waals surface area contributed by atoms with E-state index in [1.807, 2.05) is 0 Å². The van der Waals surface area contributed by atoms with Gasteiger partial charge in [0.2, 0.25) is 9.84 Å². The van der Waals surface area contributed by atoms with Crippen LogP contribution in [0.15, 0.2) is 29.2 Å². The molecule has 0 heterocycles. The number of sulfone groups is 1. The van der Waals surface area contributed by atoms with Gasteiger partial charge in [-0.3, -0.25) is 0 Å². The highest BCUT2D eigenvalue weighted by Gasteiger charge is 2.28. The van der Waals surface area contributed by atoms with Crippen molar-refractivity contribution in [2.24, 2.45) is 0 Å². The van der Waals surface area contributed by atoms with Gasteiger partial charge < -0.3 is 0 Å². The lowest BCUT2D eigenvalue weighted by molar-refractivity contribution is 0.505. The molecule has 0 radical (unpaired) electrons. The van der Waals surface area contributed by atoms with E-state index in [1.54, 1.807) is 12.1 Å². The minimum Gasteiger partial charge on any atom is -0.220 e. The number of hydrogen-bond acceptors (Lipinski definition) is 3. The van der Waals surface area contributed by atoms with Crippen LogP contribution in [0.5, 0.6) is 0 Å². The predicted octanol–water partition coefficient (Wildman–Crippen LogP) is 3.67. The lowest BCUT2D eigenvalue weighted by atomic mass is 10.1. The van der Waals surface area contributed by atoms with Gasteiger partial charge in [0.05, 0.1) is 17.0 Å². The summed E-state index contributed by atoms with van der Waals surface area (Å²) in [6, 6.07) is 5.92. The molecule has 1 unspecified atom stereocenters. The van der Waals surface area contributed by atoms with Crippen LogP contribution in [0.25, 0.3) is 0 Å². The maximum atomic E-state index is 12.9. The fourth-order valence-electron chi connectivity index (χ4n) is 1.38. The quantitative estimate of drug-likeness (QED) is 0.797. The number of benzene rings is 1. The van der Waals surface area contributed by atoms with Crippen LogP contribution in [0.1, 0.15) is 25.3 Å². The molecule has 96 valence electrons. The van der Waals surface area contributed by atoms with Crippen molar-refractivity contribution in [3.05, 3.63) is 29.8 Å². The highest BCUT2D eigenvalue weighted by Crippen LogP contribution is 2.26. The van der Waals surface area contributed by atoms with Crippen molar-refractivity contribution in [1.29, 1.82) is 0 Å². The average Bonchev–Trinajstić information content (AvgIpc) is 2.35. The van der Waals surface area contributed by atoms with Crippen molar-refractivity contribution in [3.8, 4) is 0 Å². The summed E-state index contributed by atoms with van der Waals surface area (Å²) in [5.74, 6) is 0. The van der Waals surface area contributed by atoms with Gasteiger partial charge in [0.25, 0.3) is 4.84 Å². The van der Waals surface area contributed by atoms with E-state index in [-0.39, 0.29) is 4.90 Å². The molecule has 0 bridgehead atoms. The van der Waals surface area contributed by atoms with Crippen LogP contribution in [-0.4, -0.2) is 13.3 Å². The van der Waals surface area contributed by atoms with Crippen LogP contribution in [0.4, 0.5) is 8.28 Å². The van der Waals surface area contributed by atoms with Crippen molar-refractivity contribution >= 4 is 22.0 Å². The third-order valence-electron chi connectivity index (χ3n) is 2.38. The number of rotatable bonds is 6. The zero-order valence-electron chi connectivity index (χ0n) is 9.40. The number of halogens is 2.